The number of ketones is 1. The smallest absolute Gasteiger partial charge is 0.138 e. The van der Waals surface area contributed by atoms with E-state index in [-0.39, 0.29) is 11.8 Å². The summed E-state index contributed by atoms with van der Waals surface area (Å²) in [6.07, 6.45) is 2.93. The molecule has 0 saturated heterocycles. The molecule has 2 nitrogen and oxygen atoms in total. The highest BCUT2D eigenvalue weighted by molar-refractivity contribution is 7.16. The molecule has 0 radical (unpaired) electrons. The lowest BCUT2D eigenvalue weighted by atomic mass is 10.1. The summed E-state index contributed by atoms with van der Waals surface area (Å²) < 4.78 is 0.744. The third-order valence-corrected chi connectivity index (χ3v) is 3.35. The van der Waals surface area contributed by atoms with Gasteiger partial charge in [-0.2, -0.15) is 0 Å². The highest BCUT2D eigenvalue weighted by Gasteiger charge is 2.06. The molecule has 2 N–H and O–H groups in total. The molecule has 1 aromatic heterocycles. The van der Waals surface area contributed by atoms with Crippen molar-refractivity contribution in [2.24, 2.45) is 5.73 Å². The van der Waals surface area contributed by atoms with E-state index in [2.05, 4.69) is 0 Å². The molecule has 1 atom stereocenters. The zero-order valence-electron chi connectivity index (χ0n) is 8.83. The van der Waals surface area contributed by atoms with Gasteiger partial charge in [-0.1, -0.05) is 11.6 Å². The first-order valence-electron chi connectivity index (χ1n) is 5.09. The maximum Gasteiger partial charge on any atom is 0.138 e. The van der Waals surface area contributed by atoms with Crippen molar-refractivity contribution in [2.75, 3.05) is 0 Å². The molecule has 1 unspecified atom stereocenters. The van der Waals surface area contributed by atoms with Gasteiger partial charge in [-0.3, -0.25) is 4.79 Å². The van der Waals surface area contributed by atoms with E-state index in [9.17, 15) is 4.79 Å². The summed E-state index contributed by atoms with van der Waals surface area (Å²) in [6.45, 7) is 1.96. The summed E-state index contributed by atoms with van der Waals surface area (Å²) >= 11 is 7.26. The Morgan fingerprint density at radius 3 is 2.87 bits per heavy atom. The highest BCUT2D eigenvalue weighted by Crippen LogP contribution is 2.22. The molecule has 0 spiro atoms. The Hall–Kier alpha value is -0.380. The molecule has 0 fully saturated rings. The molecule has 0 aliphatic carbocycles. The molecule has 0 aliphatic rings. The fraction of sp³-hybridized carbons (Fsp3) is 0.545. The summed E-state index contributed by atoms with van der Waals surface area (Å²) in [5.41, 5.74) is 5.61. The largest absolute Gasteiger partial charge is 0.328 e. The van der Waals surface area contributed by atoms with Crippen molar-refractivity contribution in [3.05, 3.63) is 21.3 Å². The maximum atomic E-state index is 11.5. The summed E-state index contributed by atoms with van der Waals surface area (Å²) in [5.74, 6) is 0.272. The van der Waals surface area contributed by atoms with Crippen LogP contribution in [0.2, 0.25) is 4.34 Å². The van der Waals surface area contributed by atoms with Gasteiger partial charge in [0.1, 0.15) is 5.78 Å². The van der Waals surface area contributed by atoms with E-state index in [4.69, 9.17) is 17.3 Å². The van der Waals surface area contributed by atoms with Gasteiger partial charge in [0, 0.05) is 23.8 Å². The number of carbonyl (C=O) groups excluding carboxylic acids is 1. The zero-order valence-corrected chi connectivity index (χ0v) is 10.4. The minimum absolute atomic E-state index is 0.189. The van der Waals surface area contributed by atoms with Gasteiger partial charge in [0.15, 0.2) is 0 Å². The molecule has 0 amide bonds. The van der Waals surface area contributed by atoms with Crippen molar-refractivity contribution >= 4 is 28.7 Å². The van der Waals surface area contributed by atoms with Gasteiger partial charge < -0.3 is 5.73 Å². The Morgan fingerprint density at radius 1 is 1.60 bits per heavy atom. The molecule has 1 heterocycles. The molecule has 4 heteroatoms. The lowest BCUT2D eigenvalue weighted by Gasteiger charge is -2.03. The van der Waals surface area contributed by atoms with E-state index in [0.717, 1.165) is 22.1 Å². The van der Waals surface area contributed by atoms with Crippen LogP contribution < -0.4 is 5.73 Å². The molecule has 15 heavy (non-hydrogen) atoms. The van der Waals surface area contributed by atoms with E-state index >= 15 is 0 Å². The van der Waals surface area contributed by atoms with Crippen molar-refractivity contribution in [3.63, 3.8) is 0 Å². The molecular weight excluding hydrogens is 230 g/mol. The molecule has 0 aliphatic heterocycles. The van der Waals surface area contributed by atoms with Gasteiger partial charge in [-0.25, -0.2) is 0 Å². The fourth-order valence-electron chi connectivity index (χ4n) is 1.35. The Labute approximate surface area is 99.4 Å². The van der Waals surface area contributed by atoms with Crippen LogP contribution in [0.25, 0.3) is 0 Å². The van der Waals surface area contributed by atoms with Gasteiger partial charge in [0.2, 0.25) is 0 Å². The first-order chi connectivity index (χ1) is 7.08. The summed E-state index contributed by atoms with van der Waals surface area (Å²) in [6, 6.07) is 3.93. The normalized spacial score (nSPS) is 12.7. The lowest BCUT2D eigenvalue weighted by molar-refractivity contribution is -0.118. The molecule has 0 bridgehead atoms. The first-order valence-corrected chi connectivity index (χ1v) is 6.29. The Bertz CT molecular complexity index is 322. The predicted molar refractivity (Wildman–Crippen MR) is 65.5 cm³/mol. The second kappa shape index (κ2) is 6.26. The van der Waals surface area contributed by atoms with Gasteiger partial charge in [0.25, 0.3) is 0 Å². The van der Waals surface area contributed by atoms with Gasteiger partial charge >= 0.3 is 0 Å². The minimum Gasteiger partial charge on any atom is -0.328 e. The number of hydrogen-bond acceptors (Lipinski definition) is 3. The molecule has 0 aromatic carbocycles. The van der Waals surface area contributed by atoms with E-state index in [1.807, 2.05) is 19.1 Å². The Balaban J connectivity index is 2.24. The summed E-state index contributed by atoms with van der Waals surface area (Å²) in [4.78, 5) is 12.6. The standard InChI is InChI=1S/C11H16ClNOS/c1-8(13)3-2-4-9(14)7-10-5-6-11(12)15-10/h5-6,8H,2-4,7,13H2,1H3. The number of hydrogen-bond donors (Lipinski definition) is 1. The summed E-state index contributed by atoms with van der Waals surface area (Å²) in [5, 5.41) is 0. The minimum atomic E-state index is 0.189. The highest BCUT2D eigenvalue weighted by atomic mass is 35.5. The van der Waals surface area contributed by atoms with Crippen LogP contribution in [-0.4, -0.2) is 11.8 Å². The average molecular weight is 246 g/mol. The van der Waals surface area contributed by atoms with Crippen molar-refractivity contribution < 1.29 is 4.79 Å². The number of halogens is 1. The number of Topliss-reactive ketones (excluding diaryl/α,β-unsaturated/α-hetero) is 1. The topological polar surface area (TPSA) is 43.1 Å². The molecular formula is C11H16ClNOS. The van der Waals surface area contributed by atoms with Crippen LogP contribution in [0.3, 0.4) is 0 Å². The van der Waals surface area contributed by atoms with Crippen molar-refractivity contribution in [3.8, 4) is 0 Å². The van der Waals surface area contributed by atoms with Crippen LogP contribution in [0, 0.1) is 0 Å². The van der Waals surface area contributed by atoms with E-state index in [1.165, 1.54) is 11.3 Å². The molecule has 1 aromatic rings. The van der Waals surface area contributed by atoms with Gasteiger partial charge in [-0.05, 0) is 31.9 Å². The average Bonchev–Trinajstić information content (AvgIpc) is 2.50. The van der Waals surface area contributed by atoms with Crippen molar-refractivity contribution in [2.45, 2.75) is 38.6 Å². The Morgan fingerprint density at radius 2 is 2.33 bits per heavy atom. The van der Waals surface area contributed by atoms with Crippen LogP contribution >= 0.6 is 22.9 Å². The zero-order chi connectivity index (χ0) is 11.3. The van der Waals surface area contributed by atoms with Crippen LogP contribution in [0.4, 0.5) is 0 Å². The third-order valence-electron chi connectivity index (χ3n) is 2.12. The maximum absolute atomic E-state index is 11.5. The number of rotatable bonds is 6. The third kappa shape index (κ3) is 5.30. The number of carbonyl (C=O) groups is 1. The summed E-state index contributed by atoms with van der Waals surface area (Å²) in [7, 11) is 0. The van der Waals surface area contributed by atoms with E-state index in [1.54, 1.807) is 0 Å². The van der Waals surface area contributed by atoms with Crippen molar-refractivity contribution in [1.82, 2.24) is 0 Å². The van der Waals surface area contributed by atoms with Crippen LogP contribution in [0.15, 0.2) is 12.1 Å². The predicted octanol–water partition coefficient (Wildman–Crippen LogP) is 3.03. The molecule has 84 valence electrons. The lowest BCUT2D eigenvalue weighted by Crippen LogP contribution is -2.15. The molecule has 0 saturated carbocycles. The Kier molecular flexibility index (Phi) is 5.29. The monoisotopic (exact) mass is 245 g/mol. The van der Waals surface area contributed by atoms with Crippen molar-refractivity contribution in [1.29, 1.82) is 0 Å². The van der Waals surface area contributed by atoms with Crippen LogP contribution in [0.5, 0.6) is 0 Å². The quantitative estimate of drug-likeness (QED) is 0.837. The van der Waals surface area contributed by atoms with E-state index in [0.29, 0.717) is 12.8 Å². The first kappa shape index (κ1) is 12.7. The fourth-order valence-corrected chi connectivity index (χ4v) is 2.47. The second-order valence-corrected chi connectivity index (χ2v) is 5.59. The van der Waals surface area contributed by atoms with Gasteiger partial charge in [0.05, 0.1) is 4.34 Å². The number of nitrogens with two attached hydrogens (primary N) is 1. The van der Waals surface area contributed by atoms with Crippen LogP contribution in [-0.2, 0) is 11.2 Å². The van der Waals surface area contributed by atoms with Gasteiger partial charge in [-0.15, -0.1) is 11.3 Å². The number of thiophene rings is 1. The van der Waals surface area contributed by atoms with E-state index < -0.39 is 0 Å². The second-order valence-electron chi connectivity index (χ2n) is 3.79. The van der Waals surface area contributed by atoms with Crippen LogP contribution in [0.1, 0.15) is 31.1 Å². The SMILES string of the molecule is CC(N)CCCC(=O)Cc1ccc(Cl)s1. The molecule has 1 rings (SSSR count).